The number of carbonyl (C=O) groups is 1. The third-order valence-electron chi connectivity index (χ3n) is 1.30. The lowest BCUT2D eigenvalue weighted by Gasteiger charge is -2.10. The van der Waals surface area contributed by atoms with E-state index in [0.717, 1.165) is 0 Å². The number of nitriles is 1. The zero-order valence-corrected chi connectivity index (χ0v) is 6.70. The van der Waals surface area contributed by atoms with Gasteiger partial charge < -0.3 is 10.5 Å². The SMILES string of the molecule is CCOC(=O)C(N)C(C)C#N. The molecule has 0 aliphatic rings. The molecule has 11 heavy (non-hydrogen) atoms. The van der Waals surface area contributed by atoms with Crippen molar-refractivity contribution in [2.75, 3.05) is 6.61 Å². The van der Waals surface area contributed by atoms with Gasteiger partial charge in [-0.2, -0.15) is 5.26 Å². The van der Waals surface area contributed by atoms with Gasteiger partial charge in [0, 0.05) is 0 Å². The predicted octanol–water partition coefficient (Wildman–Crippen LogP) is 0.0365. The molecule has 0 bridgehead atoms. The monoisotopic (exact) mass is 156 g/mol. The quantitative estimate of drug-likeness (QED) is 0.585. The molecule has 2 atom stereocenters. The number of hydrogen-bond acceptors (Lipinski definition) is 4. The molecule has 0 aromatic carbocycles. The maximum Gasteiger partial charge on any atom is 0.324 e. The molecule has 0 heterocycles. The first kappa shape index (κ1) is 9.92. The molecule has 0 radical (unpaired) electrons. The van der Waals surface area contributed by atoms with Crippen molar-refractivity contribution < 1.29 is 9.53 Å². The summed E-state index contributed by atoms with van der Waals surface area (Å²) in [4.78, 5) is 10.8. The van der Waals surface area contributed by atoms with E-state index in [1.807, 2.05) is 6.07 Å². The lowest BCUT2D eigenvalue weighted by Crippen LogP contribution is -2.37. The topological polar surface area (TPSA) is 76.1 Å². The van der Waals surface area contributed by atoms with E-state index in [9.17, 15) is 4.79 Å². The number of rotatable bonds is 3. The van der Waals surface area contributed by atoms with E-state index < -0.39 is 17.9 Å². The van der Waals surface area contributed by atoms with Crippen LogP contribution in [-0.4, -0.2) is 18.6 Å². The molecule has 0 aromatic rings. The summed E-state index contributed by atoms with van der Waals surface area (Å²) in [7, 11) is 0. The number of ether oxygens (including phenoxy) is 1. The summed E-state index contributed by atoms with van der Waals surface area (Å²) in [6.45, 7) is 3.58. The number of nitrogens with zero attached hydrogens (tertiary/aromatic N) is 1. The van der Waals surface area contributed by atoms with Crippen molar-refractivity contribution in [3.05, 3.63) is 0 Å². The number of nitrogens with two attached hydrogens (primary N) is 1. The normalized spacial score (nSPS) is 14.7. The fourth-order valence-electron chi connectivity index (χ4n) is 0.523. The molecule has 0 rings (SSSR count). The average Bonchev–Trinajstić information content (AvgIpc) is 2.02. The lowest BCUT2D eigenvalue weighted by atomic mass is 10.1. The fraction of sp³-hybridized carbons (Fsp3) is 0.714. The summed E-state index contributed by atoms with van der Waals surface area (Å²) in [6, 6.07) is 1.06. The third kappa shape index (κ3) is 3.01. The van der Waals surface area contributed by atoms with Crippen molar-refractivity contribution in [1.82, 2.24) is 0 Å². The van der Waals surface area contributed by atoms with E-state index in [0.29, 0.717) is 6.61 Å². The molecule has 0 aromatic heterocycles. The number of hydrogen-bond donors (Lipinski definition) is 1. The molecule has 2 N–H and O–H groups in total. The summed E-state index contributed by atoms with van der Waals surface area (Å²) in [5, 5.41) is 8.38. The van der Waals surface area contributed by atoms with Gasteiger partial charge in [-0.05, 0) is 13.8 Å². The summed E-state index contributed by atoms with van der Waals surface area (Å²) in [5.41, 5.74) is 5.36. The average molecular weight is 156 g/mol. The van der Waals surface area contributed by atoms with Crippen molar-refractivity contribution in [3.63, 3.8) is 0 Å². The van der Waals surface area contributed by atoms with Crippen LogP contribution < -0.4 is 5.73 Å². The van der Waals surface area contributed by atoms with Crippen LogP contribution in [-0.2, 0) is 9.53 Å². The first-order valence-electron chi connectivity index (χ1n) is 3.45. The van der Waals surface area contributed by atoms with Gasteiger partial charge in [0.1, 0.15) is 6.04 Å². The summed E-state index contributed by atoms with van der Waals surface area (Å²) >= 11 is 0. The number of esters is 1. The molecule has 0 spiro atoms. The molecule has 0 amide bonds. The zero-order chi connectivity index (χ0) is 8.85. The van der Waals surface area contributed by atoms with Crippen LogP contribution in [0.5, 0.6) is 0 Å². The minimum absolute atomic E-state index is 0.296. The van der Waals surface area contributed by atoms with Crippen LogP contribution in [0.25, 0.3) is 0 Å². The van der Waals surface area contributed by atoms with Gasteiger partial charge in [0.15, 0.2) is 0 Å². The second-order valence-corrected chi connectivity index (χ2v) is 2.20. The van der Waals surface area contributed by atoms with Crippen LogP contribution in [0.3, 0.4) is 0 Å². The van der Waals surface area contributed by atoms with E-state index in [4.69, 9.17) is 11.0 Å². The molecule has 4 heteroatoms. The Morgan fingerprint density at radius 2 is 2.36 bits per heavy atom. The Hall–Kier alpha value is -1.08. The van der Waals surface area contributed by atoms with Gasteiger partial charge in [0.05, 0.1) is 18.6 Å². The highest BCUT2D eigenvalue weighted by Gasteiger charge is 2.21. The Morgan fingerprint density at radius 1 is 1.82 bits per heavy atom. The summed E-state index contributed by atoms with van der Waals surface area (Å²) in [5.74, 6) is -1.00. The maximum absolute atomic E-state index is 10.8. The summed E-state index contributed by atoms with van der Waals surface area (Å²) in [6.07, 6.45) is 0. The minimum atomic E-state index is -0.819. The number of carbonyl (C=O) groups excluding carboxylic acids is 1. The third-order valence-corrected chi connectivity index (χ3v) is 1.30. The smallest absolute Gasteiger partial charge is 0.324 e. The van der Waals surface area contributed by atoms with Gasteiger partial charge in [0.25, 0.3) is 0 Å². The highest BCUT2D eigenvalue weighted by molar-refractivity contribution is 5.76. The Bertz CT molecular complexity index is 174. The molecule has 0 aliphatic heterocycles. The van der Waals surface area contributed by atoms with Gasteiger partial charge in [-0.15, -0.1) is 0 Å². The Balaban J connectivity index is 3.93. The van der Waals surface area contributed by atoms with E-state index in [1.165, 1.54) is 0 Å². The molecule has 0 aliphatic carbocycles. The van der Waals surface area contributed by atoms with Gasteiger partial charge >= 0.3 is 5.97 Å². The van der Waals surface area contributed by atoms with Crippen molar-refractivity contribution >= 4 is 5.97 Å². The predicted molar refractivity (Wildman–Crippen MR) is 39.4 cm³/mol. The first-order valence-corrected chi connectivity index (χ1v) is 3.45. The Labute approximate surface area is 65.9 Å². The standard InChI is InChI=1S/C7H12N2O2/c1-3-11-7(10)6(9)5(2)4-8/h5-6H,3,9H2,1-2H3. The summed E-state index contributed by atoms with van der Waals surface area (Å²) < 4.78 is 4.61. The van der Waals surface area contributed by atoms with E-state index in [-0.39, 0.29) is 0 Å². The van der Waals surface area contributed by atoms with E-state index in [2.05, 4.69) is 4.74 Å². The Morgan fingerprint density at radius 3 is 2.73 bits per heavy atom. The van der Waals surface area contributed by atoms with Gasteiger partial charge in [-0.3, -0.25) is 4.79 Å². The molecule has 4 nitrogen and oxygen atoms in total. The van der Waals surface area contributed by atoms with Crippen LogP contribution in [0.1, 0.15) is 13.8 Å². The van der Waals surface area contributed by atoms with Crippen LogP contribution in [0.2, 0.25) is 0 Å². The maximum atomic E-state index is 10.8. The van der Waals surface area contributed by atoms with Crippen LogP contribution in [0, 0.1) is 17.2 Å². The van der Waals surface area contributed by atoms with Crippen LogP contribution in [0.15, 0.2) is 0 Å². The second-order valence-electron chi connectivity index (χ2n) is 2.20. The van der Waals surface area contributed by atoms with Gasteiger partial charge in [0.2, 0.25) is 0 Å². The van der Waals surface area contributed by atoms with Crippen molar-refractivity contribution in [3.8, 4) is 6.07 Å². The fourth-order valence-corrected chi connectivity index (χ4v) is 0.523. The van der Waals surface area contributed by atoms with Crippen LogP contribution in [0.4, 0.5) is 0 Å². The second kappa shape index (κ2) is 4.69. The van der Waals surface area contributed by atoms with Crippen molar-refractivity contribution in [2.45, 2.75) is 19.9 Å². The van der Waals surface area contributed by atoms with Crippen LogP contribution >= 0.6 is 0 Å². The Kier molecular flexibility index (Phi) is 4.23. The molecule has 0 saturated heterocycles. The molecular formula is C7H12N2O2. The van der Waals surface area contributed by atoms with E-state index >= 15 is 0 Å². The minimum Gasteiger partial charge on any atom is -0.465 e. The first-order chi connectivity index (χ1) is 5.13. The van der Waals surface area contributed by atoms with Gasteiger partial charge in [-0.25, -0.2) is 0 Å². The lowest BCUT2D eigenvalue weighted by molar-refractivity contribution is -0.145. The van der Waals surface area contributed by atoms with Crippen molar-refractivity contribution in [1.29, 1.82) is 5.26 Å². The molecule has 2 unspecified atom stereocenters. The molecule has 62 valence electrons. The molecule has 0 saturated carbocycles. The largest absolute Gasteiger partial charge is 0.465 e. The zero-order valence-electron chi connectivity index (χ0n) is 6.70. The highest BCUT2D eigenvalue weighted by atomic mass is 16.5. The van der Waals surface area contributed by atoms with Gasteiger partial charge in [-0.1, -0.05) is 0 Å². The molecule has 0 fully saturated rings. The highest BCUT2D eigenvalue weighted by Crippen LogP contribution is 1.99. The van der Waals surface area contributed by atoms with E-state index in [1.54, 1.807) is 13.8 Å². The van der Waals surface area contributed by atoms with Crippen molar-refractivity contribution in [2.24, 2.45) is 11.7 Å². The molecular weight excluding hydrogens is 144 g/mol.